The van der Waals surface area contributed by atoms with Crippen molar-refractivity contribution in [1.29, 1.82) is 0 Å². The monoisotopic (exact) mass is 300 g/mol. The van der Waals surface area contributed by atoms with Crippen molar-refractivity contribution in [3.63, 3.8) is 0 Å². The summed E-state index contributed by atoms with van der Waals surface area (Å²) in [5.74, 6) is -0.0349. The minimum atomic E-state index is -0.731. The number of carbonyl (C=O) groups is 2. The van der Waals surface area contributed by atoms with Crippen LogP contribution in [-0.2, 0) is 4.79 Å². The molecule has 0 aromatic rings. The lowest BCUT2D eigenvalue weighted by atomic mass is 9.97. The molecule has 0 atom stereocenters. The molecule has 2 amide bonds. The van der Waals surface area contributed by atoms with Crippen molar-refractivity contribution >= 4 is 23.8 Å². The highest BCUT2D eigenvalue weighted by atomic mass is 32.2. The van der Waals surface area contributed by atoms with Crippen LogP contribution in [0.2, 0.25) is 0 Å². The second-order valence-electron chi connectivity index (χ2n) is 6.23. The summed E-state index contributed by atoms with van der Waals surface area (Å²) in [4.78, 5) is 27.2. The first-order valence-corrected chi connectivity index (χ1v) is 8.28. The molecule has 5 nitrogen and oxygen atoms in total. The minimum Gasteiger partial charge on any atom is -0.481 e. The van der Waals surface area contributed by atoms with Crippen LogP contribution in [0.25, 0.3) is 0 Å². The zero-order valence-corrected chi connectivity index (χ0v) is 13.1. The number of hydrogen-bond donors (Lipinski definition) is 1. The summed E-state index contributed by atoms with van der Waals surface area (Å²) in [7, 11) is 0. The zero-order chi connectivity index (χ0) is 14.8. The molecule has 0 radical (unpaired) electrons. The van der Waals surface area contributed by atoms with E-state index in [-0.39, 0.29) is 16.7 Å². The van der Waals surface area contributed by atoms with Gasteiger partial charge in [0, 0.05) is 36.7 Å². The third-order valence-corrected chi connectivity index (χ3v) is 5.60. The van der Waals surface area contributed by atoms with Gasteiger partial charge in [-0.05, 0) is 19.3 Å². The first kappa shape index (κ1) is 15.5. The van der Waals surface area contributed by atoms with Gasteiger partial charge in [0.05, 0.1) is 5.92 Å². The number of carboxylic acid groups (broad SMARTS) is 1. The maximum Gasteiger partial charge on any atom is 0.320 e. The smallest absolute Gasteiger partial charge is 0.320 e. The van der Waals surface area contributed by atoms with Gasteiger partial charge in [0.25, 0.3) is 0 Å². The standard InChI is InChI=1S/C14H24N2O3S/c1-14(2)5-8-16(9-10-20-14)13(19)15-6-3-11(4-7-15)12(17)18/h11H,3-10H2,1-2H3,(H,17,18). The molecule has 0 aromatic heterocycles. The first-order valence-electron chi connectivity index (χ1n) is 7.30. The van der Waals surface area contributed by atoms with Crippen LogP contribution in [0.4, 0.5) is 4.79 Å². The summed E-state index contributed by atoms with van der Waals surface area (Å²) >= 11 is 1.92. The molecule has 114 valence electrons. The Kier molecular flexibility index (Phi) is 4.83. The topological polar surface area (TPSA) is 60.9 Å². The van der Waals surface area contributed by atoms with E-state index in [1.807, 2.05) is 21.6 Å². The van der Waals surface area contributed by atoms with Gasteiger partial charge in [0.1, 0.15) is 0 Å². The van der Waals surface area contributed by atoms with Gasteiger partial charge in [0.2, 0.25) is 0 Å². The quantitative estimate of drug-likeness (QED) is 0.806. The van der Waals surface area contributed by atoms with E-state index in [4.69, 9.17) is 5.11 Å². The lowest BCUT2D eigenvalue weighted by Gasteiger charge is -2.34. The summed E-state index contributed by atoms with van der Waals surface area (Å²) in [6.45, 7) is 7.20. The third-order valence-electron chi connectivity index (χ3n) is 4.22. The molecule has 2 saturated heterocycles. The number of aliphatic carboxylic acids is 1. The Morgan fingerprint density at radius 1 is 1.10 bits per heavy atom. The van der Waals surface area contributed by atoms with Gasteiger partial charge in [-0.15, -0.1) is 0 Å². The van der Waals surface area contributed by atoms with E-state index in [1.165, 1.54) is 0 Å². The molecule has 0 aromatic carbocycles. The van der Waals surface area contributed by atoms with Crippen molar-refractivity contribution in [2.24, 2.45) is 5.92 Å². The van der Waals surface area contributed by atoms with E-state index in [0.29, 0.717) is 25.9 Å². The van der Waals surface area contributed by atoms with E-state index >= 15 is 0 Å². The Morgan fingerprint density at radius 2 is 1.70 bits per heavy atom. The molecule has 2 rings (SSSR count). The second-order valence-corrected chi connectivity index (χ2v) is 8.03. The molecule has 1 N–H and O–H groups in total. The fraction of sp³-hybridized carbons (Fsp3) is 0.857. The van der Waals surface area contributed by atoms with Crippen molar-refractivity contribution < 1.29 is 14.7 Å². The first-order chi connectivity index (χ1) is 9.39. The molecule has 2 fully saturated rings. The summed E-state index contributed by atoms with van der Waals surface area (Å²) < 4.78 is 0.241. The Bertz CT molecular complexity index is 379. The Morgan fingerprint density at radius 3 is 2.30 bits per heavy atom. The average molecular weight is 300 g/mol. The van der Waals surface area contributed by atoms with E-state index in [2.05, 4.69) is 13.8 Å². The molecule has 2 aliphatic heterocycles. The molecule has 0 aliphatic carbocycles. The van der Waals surface area contributed by atoms with Gasteiger partial charge in [-0.3, -0.25) is 4.79 Å². The summed E-state index contributed by atoms with van der Waals surface area (Å²) in [6.07, 6.45) is 2.17. The van der Waals surface area contributed by atoms with Crippen LogP contribution in [0.3, 0.4) is 0 Å². The molecule has 0 spiro atoms. The zero-order valence-electron chi connectivity index (χ0n) is 12.3. The van der Waals surface area contributed by atoms with Crippen LogP contribution in [-0.4, -0.2) is 63.6 Å². The van der Waals surface area contributed by atoms with Crippen molar-refractivity contribution in [3.05, 3.63) is 0 Å². The Hall–Kier alpha value is -0.910. The van der Waals surface area contributed by atoms with E-state index in [1.54, 1.807) is 0 Å². The molecule has 0 bridgehead atoms. The maximum atomic E-state index is 12.5. The number of likely N-dealkylation sites (tertiary alicyclic amines) is 1. The normalized spacial score (nSPS) is 24.3. The fourth-order valence-electron chi connectivity index (χ4n) is 2.73. The average Bonchev–Trinajstić information content (AvgIpc) is 2.59. The molecular weight excluding hydrogens is 276 g/mol. The van der Waals surface area contributed by atoms with Crippen LogP contribution in [0.1, 0.15) is 33.1 Å². The van der Waals surface area contributed by atoms with E-state index < -0.39 is 5.97 Å². The number of hydrogen-bond acceptors (Lipinski definition) is 3. The fourth-order valence-corrected chi connectivity index (χ4v) is 3.83. The minimum absolute atomic E-state index is 0.0899. The highest BCUT2D eigenvalue weighted by Gasteiger charge is 2.31. The van der Waals surface area contributed by atoms with Crippen molar-refractivity contribution in [1.82, 2.24) is 9.80 Å². The summed E-state index contributed by atoms with van der Waals surface area (Å²) in [5.41, 5.74) is 0. The summed E-state index contributed by atoms with van der Waals surface area (Å²) in [6, 6.07) is 0.0899. The number of rotatable bonds is 1. The Labute approximate surface area is 124 Å². The SMILES string of the molecule is CC1(C)CCN(C(=O)N2CCC(C(=O)O)CC2)CCS1. The lowest BCUT2D eigenvalue weighted by Crippen LogP contribution is -2.48. The van der Waals surface area contributed by atoms with Gasteiger partial charge in [-0.2, -0.15) is 11.8 Å². The van der Waals surface area contributed by atoms with E-state index in [0.717, 1.165) is 25.3 Å². The second kappa shape index (κ2) is 6.24. The maximum absolute atomic E-state index is 12.5. The van der Waals surface area contributed by atoms with Crippen molar-refractivity contribution in [2.75, 3.05) is 31.9 Å². The molecule has 20 heavy (non-hydrogen) atoms. The molecule has 2 aliphatic rings. The van der Waals surface area contributed by atoms with Gasteiger partial charge in [0.15, 0.2) is 0 Å². The Balaban J connectivity index is 1.87. The molecular formula is C14H24N2O3S. The lowest BCUT2D eigenvalue weighted by molar-refractivity contribution is -0.143. The van der Waals surface area contributed by atoms with Crippen LogP contribution in [0.5, 0.6) is 0 Å². The van der Waals surface area contributed by atoms with Crippen LogP contribution >= 0.6 is 11.8 Å². The summed E-state index contributed by atoms with van der Waals surface area (Å²) in [5, 5.41) is 8.99. The van der Waals surface area contributed by atoms with Gasteiger partial charge >= 0.3 is 12.0 Å². The number of carboxylic acids is 1. The number of thioether (sulfide) groups is 1. The number of piperidine rings is 1. The third kappa shape index (κ3) is 3.81. The largest absolute Gasteiger partial charge is 0.481 e. The number of urea groups is 1. The van der Waals surface area contributed by atoms with E-state index in [9.17, 15) is 9.59 Å². The van der Waals surface area contributed by atoms with Gasteiger partial charge < -0.3 is 14.9 Å². The molecule has 6 heteroatoms. The predicted octanol–water partition coefficient (Wildman–Crippen LogP) is 2.12. The van der Waals surface area contributed by atoms with Gasteiger partial charge in [-0.25, -0.2) is 4.79 Å². The van der Waals surface area contributed by atoms with Gasteiger partial charge in [-0.1, -0.05) is 13.8 Å². The molecule has 2 heterocycles. The highest BCUT2D eigenvalue weighted by molar-refractivity contribution is 8.00. The van der Waals surface area contributed by atoms with Crippen molar-refractivity contribution in [2.45, 2.75) is 37.9 Å². The van der Waals surface area contributed by atoms with Crippen molar-refractivity contribution in [3.8, 4) is 0 Å². The molecule has 0 saturated carbocycles. The number of carbonyl (C=O) groups excluding carboxylic acids is 1. The predicted molar refractivity (Wildman–Crippen MR) is 80.1 cm³/mol. The highest BCUT2D eigenvalue weighted by Crippen LogP contribution is 2.31. The van der Waals surface area contributed by atoms with Crippen LogP contribution in [0, 0.1) is 5.92 Å². The number of nitrogens with zero attached hydrogens (tertiary/aromatic N) is 2. The van der Waals surface area contributed by atoms with Crippen LogP contribution < -0.4 is 0 Å². The number of amides is 2. The van der Waals surface area contributed by atoms with Crippen LogP contribution in [0.15, 0.2) is 0 Å². The molecule has 0 unspecified atom stereocenters.